The van der Waals surface area contributed by atoms with Crippen molar-refractivity contribution in [3.05, 3.63) is 11.8 Å². The second-order valence-corrected chi connectivity index (χ2v) is 3.67. The van der Waals surface area contributed by atoms with Gasteiger partial charge in [0.25, 0.3) is 0 Å². The molecule has 0 saturated carbocycles. The van der Waals surface area contributed by atoms with Crippen LogP contribution in [0.5, 0.6) is 0 Å². The fraction of sp³-hybridized carbons (Fsp3) is 0.800. The Morgan fingerprint density at radius 1 is 1.38 bits per heavy atom. The van der Waals surface area contributed by atoms with Gasteiger partial charge in [-0.1, -0.05) is 0 Å². The zero-order chi connectivity index (χ0) is 9.10. The average molecular weight is 183 g/mol. The molecule has 0 bridgehead atoms. The van der Waals surface area contributed by atoms with Gasteiger partial charge in [0.15, 0.2) is 0 Å². The van der Waals surface area contributed by atoms with Crippen LogP contribution in [0.3, 0.4) is 0 Å². The predicted molar refractivity (Wildman–Crippen MR) is 50.2 cm³/mol. The second kappa shape index (κ2) is 4.11. The zero-order valence-electron chi connectivity index (χ0n) is 7.87. The Balaban J connectivity index is 1.94. The first-order chi connectivity index (χ1) is 6.38. The van der Waals surface area contributed by atoms with Crippen molar-refractivity contribution in [3.63, 3.8) is 0 Å². The molecule has 0 radical (unpaired) electrons. The Kier molecular flexibility index (Phi) is 2.86. The molecule has 2 atom stereocenters. The largest absolute Gasteiger partial charge is 0.497 e. The summed E-state index contributed by atoms with van der Waals surface area (Å²) in [5.74, 6) is 0.943. The zero-order valence-corrected chi connectivity index (χ0v) is 7.87. The highest BCUT2D eigenvalue weighted by Crippen LogP contribution is 2.22. The van der Waals surface area contributed by atoms with Crippen molar-refractivity contribution >= 4 is 0 Å². The summed E-state index contributed by atoms with van der Waals surface area (Å²) < 4.78 is 11.0. The second-order valence-electron chi connectivity index (χ2n) is 3.67. The quantitative estimate of drug-likeness (QED) is 0.699. The number of hydrogen-bond donors (Lipinski definition) is 1. The third kappa shape index (κ3) is 2.03. The number of nitrogens with two attached hydrogens (primary N) is 1. The molecule has 0 spiro atoms. The molecular formula is C10H17NO2. The molecule has 2 rings (SSSR count). The minimum Gasteiger partial charge on any atom is -0.497 e. The molecule has 1 saturated heterocycles. The van der Waals surface area contributed by atoms with Gasteiger partial charge in [0.2, 0.25) is 0 Å². The lowest BCUT2D eigenvalue weighted by Gasteiger charge is -2.24. The van der Waals surface area contributed by atoms with Crippen molar-refractivity contribution in [2.45, 2.75) is 37.8 Å². The molecule has 2 unspecified atom stereocenters. The lowest BCUT2D eigenvalue weighted by atomic mass is 10.0. The van der Waals surface area contributed by atoms with Gasteiger partial charge in [-0.25, -0.2) is 0 Å². The minimum atomic E-state index is -0.0391. The van der Waals surface area contributed by atoms with Crippen LogP contribution in [0.15, 0.2) is 11.8 Å². The summed E-state index contributed by atoms with van der Waals surface area (Å²) in [5.41, 5.74) is 6.04. The van der Waals surface area contributed by atoms with Crippen LogP contribution in [0.25, 0.3) is 0 Å². The van der Waals surface area contributed by atoms with Gasteiger partial charge < -0.3 is 15.2 Å². The third-order valence-corrected chi connectivity index (χ3v) is 2.66. The molecule has 0 aromatic rings. The van der Waals surface area contributed by atoms with E-state index in [0.29, 0.717) is 0 Å². The Morgan fingerprint density at radius 3 is 2.92 bits per heavy atom. The average Bonchev–Trinajstić information content (AvgIpc) is 2.71. The molecule has 0 aromatic carbocycles. The van der Waals surface area contributed by atoms with E-state index in [1.807, 2.05) is 0 Å². The van der Waals surface area contributed by atoms with Crippen LogP contribution in [-0.2, 0) is 9.47 Å². The monoisotopic (exact) mass is 183 g/mol. The van der Waals surface area contributed by atoms with Crippen LogP contribution in [-0.4, -0.2) is 25.4 Å². The van der Waals surface area contributed by atoms with Crippen molar-refractivity contribution in [2.75, 3.05) is 13.2 Å². The molecule has 0 aromatic heterocycles. The van der Waals surface area contributed by atoms with Crippen molar-refractivity contribution in [2.24, 2.45) is 5.73 Å². The van der Waals surface area contributed by atoms with Gasteiger partial charge in [-0.05, 0) is 31.8 Å². The smallest absolute Gasteiger partial charge is 0.111 e. The highest BCUT2D eigenvalue weighted by atomic mass is 16.5. The Morgan fingerprint density at radius 2 is 2.31 bits per heavy atom. The lowest BCUT2D eigenvalue weighted by molar-refractivity contribution is 0.0709. The molecule has 13 heavy (non-hydrogen) atoms. The van der Waals surface area contributed by atoms with Crippen LogP contribution in [0, 0.1) is 0 Å². The molecule has 3 heteroatoms. The van der Waals surface area contributed by atoms with Crippen molar-refractivity contribution in [3.8, 4) is 0 Å². The van der Waals surface area contributed by atoms with Crippen molar-refractivity contribution in [1.82, 2.24) is 0 Å². The third-order valence-electron chi connectivity index (χ3n) is 2.66. The maximum Gasteiger partial charge on any atom is 0.111 e. The Labute approximate surface area is 78.9 Å². The van der Waals surface area contributed by atoms with Gasteiger partial charge in [0.05, 0.1) is 18.8 Å². The van der Waals surface area contributed by atoms with Gasteiger partial charge in [-0.2, -0.15) is 0 Å². The maximum absolute atomic E-state index is 6.04. The molecule has 2 aliphatic rings. The first-order valence-electron chi connectivity index (χ1n) is 5.08. The maximum atomic E-state index is 6.04. The first kappa shape index (κ1) is 9.03. The van der Waals surface area contributed by atoms with Crippen LogP contribution >= 0.6 is 0 Å². The van der Waals surface area contributed by atoms with Crippen LogP contribution in [0.4, 0.5) is 0 Å². The normalized spacial score (nSPS) is 30.8. The van der Waals surface area contributed by atoms with E-state index in [2.05, 4.69) is 6.08 Å². The van der Waals surface area contributed by atoms with E-state index < -0.39 is 0 Å². The molecule has 74 valence electrons. The molecule has 3 nitrogen and oxygen atoms in total. The van der Waals surface area contributed by atoms with Gasteiger partial charge in [0, 0.05) is 6.61 Å². The predicted octanol–water partition coefficient (Wildman–Crippen LogP) is 1.19. The number of rotatable bonds is 2. The van der Waals surface area contributed by atoms with Gasteiger partial charge >= 0.3 is 0 Å². The number of allylic oxidation sites excluding steroid dienone is 1. The van der Waals surface area contributed by atoms with Crippen LogP contribution < -0.4 is 5.73 Å². The molecule has 0 amide bonds. The Hall–Kier alpha value is -0.540. The summed E-state index contributed by atoms with van der Waals surface area (Å²) in [6.07, 6.45) is 6.70. The molecule has 2 aliphatic heterocycles. The van der Waals surface area contributed by atoms with E-state index in [1.54, 1.807) is 0 Å². The SMILES string of the molecule is NC(C1=CCCCO1)C1CCCO1. The molecule has 1 fully saturated rings. The van der Waals surface area contributed by atoms with E-state index >= 15 is 0 Å². The summed E-state index contributed by atoms with van der Waals surface area (Å²) in [5, 5.41) is 0. The molecule has 2 heterocycles. The number of ether oxygens (including phenoxy) is 2. The molecule has 0 aliphatic carbocycles. The first-order valence-corrected chi connectivity index (χ1v) is 5.08. The van der Waals surface area contributed by atoms with Gasteiger partial charge in [-0.3, -0.25) is 0 Å². The highest BCUT2D eigenvalue weighted by molar-refractivity contribution is 5.07. The van der Waals surface area contributed by atoms with E-state index in [9.17, 15) is 0 Å². The van der Waals surface area contributed by atoms with E-state index in [-0.39, 0.29) is 12.1 Å². The molecular weight excluding hydrogens is 166 g/mol. The summed E-state index contributed by atoms with van der Waals surface area (Å²) in [6.45, 7) is 1.66. The van der Waals surface area contributed by atoms with E-state index in [1.165, 1.54) is 0 Å². The fourth-order valence-corrected chi connectivity index (χ4v) is 1.88. The highest BCUT2D eigenvalue weighted by Gasteiger charge is 2.27. The topological polar surface area (TPSA) is 44.5 Å². The summed E-state index contributed by atoms with van der Waals surface area (Å²) in [6, 6.07) is -0.0391. The lowest BCUT2D eigenvalue weighted by Crippen LogP contribution is -2.37. The summed E-state index contributed by atoms with van der Waals surface area (Å²) in [4.78, 5) is 0. The van der Waals surface area contributed by atoms with Crippen molar-refractivity contribution in [1.29, 1.82) is 0 Å². The number of hydrogen-bond acceptors (Lipinski definition) is 3. The minimum absolute atomic E-state index is 0.0391. The van der Waals surface area contributed by atoms with E-state index in [4.69, 9.17) is 15.2 Å². The van der Waals surface area contributed by atoms with Crippen molar-refractivity contribution < 1.29 is 9.47 Å². The van der Waals surface area contributed by atoms with Crippen LogP contribution in [0.1, 0.15) is 25.7 Å². The molecule has 2 N–H and O–H groups in total. The van der Waals surface area contributed by atoms with E-state index in [0.717, 1.165) is 44.7 Å². The van der Waals surface area contributed by atoms with Gasteiger partial charge in [-0.15, -0.1) is 0 Å². The standard InChI is InChI=1S/C10H17NO2/c11-10(9-5-3-7-13-9)8-4-1-2-6-12-8/h4,9-10H,1-3,5-7,11H2. The summed E-state index contributed by atoms with van der Waals surface area (Å²) in [7, 11) is 0. The fourth-order valence-electron chi connectivity index (χ4n) is 1.88. The summed E-state index contributed by atoms with van der Waals surface area (Å²) >= 11 is 0. The van der Waals surface area contributed by atoms with Gasteiger partial charge in [0.1, 0.15) is 5.76 Å². The van der Waals surface area contributed by atoms with Crippen LogP contribution in [0.2, 0.25) is 0 Å². The Bertz CT molecular complexity index is 197.